The van der Waals surface area contributed by atoms with E-state index in [0.717, 1.165) is 4.68 Å². The Labute approximate surface area is 84.9 Å². The zero-order chi connectivity index (χ0) is 11.8. The van der Waals surface area contributed by atoms with Crippen molar-refractivity contribution >= 4 is 10.2 Å². The van der Waals surface area contributed by atoms with Crippen LogP contribution in [0.3, 0.4) is 0 Å². The highest BCUT2D eigenvalue weighted by Gasteiger charge is 2.24. The number of nitrogens with zero attached hydrogens (tertiary/aromatic N) is 2. The quantitative estimate of drug-likeness (QED) is 0.753. The minimum Gasteiger partial charge on any atom is -0.262 e. The maximum atomic E-state index is 12.7. The maximum absolute atomic E-state index is 12.7. The molecule has 1 rings (SSSR count). The Kier molecular flexibility index (Phi) is 3.08. The van der Waals surface area contributed by atoms with Crippen molar-refractivity contribution in [1.29, 1.82) is 0 Å². The number of halogens is 3. The molecule has 8 heteroatoms. The zero-order valence-electron chi connectivity index (χ0n) is 8.04. The molecule has 0 aliphatic carbocycles. The van der Waals surface area contributed by atoms with Gasteiger partial charge in [-0.25, -0.2) is 8.78 Å². The third-order valence-electron chi connectivity index (χ3n) is 1.87. The molecule has 0 fully saturated rings. The minimum absolute atomic E-state index is 0.115. The van der Waals surface area contributed by atoms with Gasteiger partial charge in [-0.1, -0.05) is 0 Å². The third kappa shape index (κ3) is 2.49. The summed E-state index contributed by atoms with van der Waals surface area (Å²) >= 11 is 0. The maximum Gasteiger partial charge on any atom is 0.335 e. The third-order valence-corrected chi connectivity index (χ3v) is 2.95. The number of aromatic nitrogens is 2. The van der Waals surface area contributed by atoms with Gasteiger partial charge in [0.25, 0.3) is 6.43 Å². The Morgan fingerprint density at radius 2 is 1.93 bits per heavy atom. The van der Waals surface area contributed by atoms with Gasteiger partial charge in [-0.3, -0.25) is 4.68 Å². The second-order valence-corrected chi connectivity index (χ2v) is 4.29. The monoisotopic (exact) mass is 242 g/mol. The molecule has 1 aromatic heterocycles. The summed E-state index contributed by atoms with van der Waals surface area (Å²) in [5.74, 6) is 0. The molecule has 0 amide bonds. The summed E-state index contributed by atoms with van der Waals surface area (Å²) in [6.45, 7) is 1.73. The fourth-order valence-electron chi connectivity index (χ4n) is 1.34. The van der Waals surface area contributed by atoms with E-state index >= 15 is 0 Å². The standard InChI is InChI=1S/C7H9F3N2O2S/c1-4-7(15(10,13)14)5(2)12(11-4)3-6(8)9/h6H,3H2,1-2H3. The van der Waals surface area contributed by atoms with Crippen molar-refractivity contribution in [2.45, 2.75) is 31.7 Å². The molecule has 15 heavy (non-hydrogen) atoms. The summed E-state index contributed by atoms with van der Waals surface area (Å²) in [6.07, 6.45) is -2.67. The Bertz CT molecular complexity index is 467. The first-order valence-electron chi connectivity index (χ1n) is 4.00. The SMILES string of the molecule is Cc1nn(CC(F)F)c(C)c1S(=O)(=O)F. The van der Waals surface area contributed by atoms with Crippen molar-refractivity contribution in [3.63, 3.8) is 0 Å². The molecule has 0 N–H and O–H groups in total. The highest BCUT2D eigenvalue weighted by Crippen LogP contribution is 2.21. The molecule has 0 atom stereocenters. The van der Waals surface area contributed by atoms with Gasteiger partial charge < -0.3 is 0 Å². The number of hydrogen-bond acceptors (Lipinski definition) is 3. The van der Waals surface area contributed by atoms with Gasteiger partial charge in [0, 0.05) is 0 Å². The molecule has 0 radical (unpaired) electrons. The van der Waals surface area contributed by atoms with Gasteiger partial charge in [-0.2, -0.15) is 13.5 Å². The van der Waals surface area contributed by atoms with Crippen molar-refractivity contribution in [3.05, 3.63) is 11.4 Å². The summed E-state index contributed by atoms with van der Waals surface area (Å²) in [5.41, 5.74) is -0.231. The van der Waals surface area contributed by atoms with E-state index in [-0.39, 0.29) is 11.4 Å². The van der Waals surface area contributed by atoms with Crippen LogP contribution in [-0.2, 0) is 16.8 Å². The molecule has 86 valence electrons. The number of aryl methyl sites for hydroxylation is 1. The number of alkyl halides is 2. The predicted molar refractivity (Wildman–Crippen MR) is 46.0 cm³/mol. The van der Waals surface area contributed by atoms with E-state index in [0.29, 0.717) is 0 Å². The molecular weight excluding hydrogens is 233 g/mol. The Hall–Kier alpha value is -1.05. The topological polar surface area (TPSA) is 52.0 Å². The second-order valence-electron chi connectivity index (χ2n) is 3.01. The molecule has 4 nitrogen and oxygen atoms in total. The lowest BCUT2D eigenvalue weighted by molar-refractivity contribution is 0.120. The summed E-state index contributed by atoms with van der Waals surface area (Å²) in [7, 11) is -4.91. The molecule has 0 saturated carbocycles. The summed E-state index contributed by atoms with van der Waals surface area (Å²) in [5, 5.41) is 3.53. The molecule has 0 aliphatic heterocycles. The lowest BCUT2D eigenvalue weighted by Gasteiger charge is -2.02. The van der Waals surface area contributed by atoms with Gasteiger partial charge in [0.15, 0.2) is 0 Å². The minimum atomic E-state index is -4.91. The first-order chi connectivity index (χ1) is 6.73. The van der Waals surface area contributed by atoms with Gasteiger partial charge in [-0.05, 0) is 13.8 Å². The summed E-state index contributed by atoms with van der Waals surface area (Å²) in [4.78, 5) is -0.622. The van der Waals surface area contributed by atoms with E-state index in [1.165, 1.54) is 13.8 Å². The average Bonchev–Trinajstić information content (AvgIpc) is 2.23. The highest BCUT2D eigenvalue weighted by molar-refractivity contribution is 7.86. The molecular formula is C7H9F3N2O2S. The van der Waals surface area contributed by atoms with E-state index in [1.807, 2.05) is 0 Å². The first kappa shape index (κ1) is 12.0. The van der Waals surface area contributed by atoms with Gasteiger partial charge in [0.05, 0.1) is 11.4 Å². The molecule has 1 aromatic rings. The first-order valence-corrected chi connectivity index (χ1v) is 5.38. The van der Waals surface area contributed by atoms with E-state index in [4.69, 9.17) is 0 Å². The fraction of sp³-hybridized carbons (Fsp3) is 0.571. The largest absolute Gasteiger partial charge is 0.335 e. The van der Waals surface area contributed by atoms with Crippen LogP contribution in [0.2, 0.25) is 0 Å². The van der Waals surface area contributed by atoms with Crippen LogP contribution >= 0.6 is 0 Å². The van der Waals surface area contributed by atoms with Crippen molar-refractivity contribution in [2.75, 3.05) is 0 Å². The molecule has 0 aliphatic rings. The van der Waals surface area contributed by atoms with E-state index in [9.17, 15) is 21.1 Å². The average molecular weight is 242 g/mol. The Balaban J connectivity index is 3.27. The smallest absolute Gasteiger partial charge is 0.262 e. The van der Waals surface area contributed by atoms with Crippen LogP contribution < -0.4 is 0 Å². The van der Waals surface area contributed by atoms with Crippen molar-refractivity contribution in [3.8, 4) is 0 Å². The van der Waals surface area contributed by atoms with Crippen molar-refractivity contribution in [1.82, 2.24) is 9.78 Å². The van der Waals surface area contributed by atoms with Crippen LogP contribution in [0.4, 0.5) is 12.7 Å². The zero-order valence-corrected chi connectivity index (χ0v) is 8.85. The molecule has 0 aromatic carbocycles. The summed E-state index contributed by atoms with van der Waals surface area (Å²) in [6, 6.07) is 0. The van der Waals surface area contributed by atoms with Gasteiger partial charge in [-0.15, -0.1) is 3.89 Å². The van der Waals surface area contributed by atoms with Crippen molar-refractivity contribution < 1.29 is 21.1 Å². The predicted octanol–water partition coefficient (Wildman–Crippen LogP) is 1.42. The summed E-state index contributed by atoms with van der Waals surface area (Å²) < 4.78 is 58.9. The molecule has 0 unspecified atom stereocenters. The normalized spacial score (nSPS) is 12.4. The molecule has 0 bridgehead atoms. The second kappa shape index (κ2) is 3.84. The van der Waals surface area contributed by atoms with Gasteiger partial charge in [0.2, 0.25) is 0 Å². The Morgan fingerprint density at radius 3 is 2.27 bits per heavy atom. The number of rotatable bonds is 3. The fourth-order valence-corrected chi connectivity index (χ4v) is 2.19. The lowest BCUT2D eigenvalue weighted by atomic mass is 10.4. The van der Waals surface area contributed by atoms with E-state index in [2.05, 4.69) is 5.10 Å². The molecule has 0 spiro atoms. The lowest BCUT2D eigenvalue weighted by Crippen LogP contribution is -2.10. The Morgan fingerprint density at radius 1 is 1.40 bits per heavy atom. The van der Waals surface area contributed by atoms with Crippen LogP contribution in [0.5, 0.6) is 0 Å². The van der Waals surface area contributed by atoms with Crippen LogP contribution in [0.1, 0.15) is 11.4 Å². The molecule has 0 saturated heterocycles. The van der Waals surface area contributed by atoms with E-state index < -0.39 is 28.1 Å². The number of hydrogen-bond donors (Lipinski definition) is 0. The van der Waals surface area contributed by atoms with Gasteiger partial charge in [0.1, 0.15) is 11.4 Å². The van der Waals surface area contributed by atoms with Crippen LogP contribution in [0, 0.1) is 13.8 Å². The van der Waals surface area contributed by atoms with Crippen LogP contribution in [-0.4, -0.2) is 24.6 Å². The molecule has 1 heterocycles. The van der Waals surface area contributed by atoms with Crippen LogP contribution in [0.15, 0.2) is 4.90 Å². The van der Waals surface area contributed by atoms with E-state index in [1.54, 1.807) is 0 Å². The van der Waals surface area contributed by atoms with Crippen molar-refractivity contribution in [2.24, 2.45) is 0 Å². The highest BCUT2D eigenvalue weighted by atomic mass is 32.3. The van der Waals surface area contributed by atoms with Gasteiger partial charge >= 0.3 is 10.2 Å². The van der Waals surface area contributed by atoms with Crippen LogP contribution in [0.25, 0.3) is 0 Å².